The summed E-state index contributed by atoms with van der Waals surface area (Å²) in [6.07, 6.45) is 3.17. The second-order valence-electron chi connectivity index (χ2n) is 8.82. The van der Waals surface area contributed by atoms with Crippen molar-refractivity contribution in [3.05, 3.63) is 52.0 Å². The van der Waals surface area contributed by atoms with Gasteiger partial charge in [-0.05, 0) is 77.5 Å². The molecule has 8 heteroatoms. The van der Waals surface area contributed by atoms with Crippen molar-refractivity contribution in [2.24, 2.45) is 5.92 Å². The number of ketones is 1. The quantitative estimate of drug-likeness (QED) is 0.503. The Kier molecular flexibility index (Phi) is 7.66. The van der Waals surface area contributed by atoms with Gasteiger partial charge in [0.15, 0.2) is 6.10 Å². The molecule has 0 radical (unpaired) electrons. The maximum absolute atomic E-state index is 13.5. The van der Waals surface area contributed by atoms with Crippen LogP contribution in [0.15, 0.2) is 40.9 Å². The number of carbonyl (C=O) groups excluding carboxylic acids is 2. The maximum atomic E-state index is 13.5. The highest BCUT2D eigenvalue weighted by Gasteiger charge is 2.42. The van der Waals surface area contributed by atoms with Gasteiger partial charge in [0.1, 0.15) is 17.2 Å². The second kappa shape index (κ2) is 10.7. The summed E-state index contributed by atoms with van der Waals surface area (Å²) >= 11 is 3.49. The van der Waals surface area contributed by atoms with Crippen LogP contribution in [-0.2, 0) is 4.74 Å². The van der Waals surface area contributed by atoms with Crippen LogP contribution in [0.2, 0.25) is 0 Å². The van der Waals surface area contributed by atoms with E-state index in [0.717, 1.165) is 12.8 Å². The Morgan fingerprint density at radius 2 is 1.85 bits per heavy atom. The largest absolute Gasteiger partial charge is 0.497 e. The molecular formula is C26H30BrNO6. The highest BCUT2D eigenvalue weighted by Crippen LogP contribution is 2.40. The van der Waals surface area contributed by atoms with E-state index in [-0.39, 0.29) is 11.8 Å². The highest BCUT2D eigenvalue weighted by molar-refractivity contribution is 9.10. The number of nitrogens with one attached hydrogen (secondary N) is 1. The van der Waals surface area contributed by atoms with Crippen molar-refractivity contribution in [3.8, 4) is 17.2 Å². The Hall–Kier alpha value is -2.74. The zero-order valence-electron chi connectivity index (χ0n) is 19.6. The monoisotopic (exact) mass is 531 g/mol. The molecule has 0 bridgehead atoms. The summed E-state index contributed by atoms with van der Waals surface area (Å²) in [7, 11) is 3.11. The van der Waals surface area contributed by atoms with Gasteiger partial charge in [-0.15, -0.1) is 0 Å². The number of carbonyl (C=O) groups is 2. The molecule has 2 aromatic rings. The molecule has 182 valence electrons. The van der Waals surface area contributed by atoms with Crippen molar-refractivity contribution in [2.45, 2.75) is 57.3 Å². The normalized spacial score (nSPS) is 21.1. The minimum Gasteiger partial charge on any atom is -0.497 e. The second-order valence-corrected chi connectivity index (χ2v) is 9.67. The predicted molar refractivity (Wildman–Crippen MR) is 131 cm³/mol. The molecule has 7 nitrogen and oxygen atoms in total. The van der Waals surface area contributed by atoms with Crippen molar-refractivity contribution in [1.29, 1.82) is 0 Å². The Bertz CT molecular complexity index is 1050. The number of alkyl carbamates (subject to hydrolysis) is 1. The number of ether oxygens (including phenoxy) is 4. The van der Waals surface area contributed by atoms with Crippen LogP contribution in [0, 0.1) is 5.92 Å². The highest BCUT2D eigenvalue weighted by atomic mass is 79.9. The number of benzene rings is 2. The minimum absolute atomic E-state index is 0.0339. The third kappa shape index (κ3) is 5.17. The smallest absolute Gasteiger partial charge is 0.408 e. The number of hydrogen-bond acceptors (Lipinski definition) is 6. The fraction of sp³-hybridized carbons (Fsp3) is 0.462. The van der Waals surface area contributed by atoms with E-state index < -0.39 is 18.3 Å². The molecule has 0 spiro atoms. The van der Waals surface area contributed by atoms with Gasteiger partial charge in [-0.25, -0.2) is 4.79 Å². The Morgan fingerprint density at radius 1 is 1.09 bits per heavy atom. The molecule has 1 heterocycles. The maximum Gasteiger partial charge on any atom is 0.408 e. The van der Waals surface area contributed by atoms with Gasteiger partial charge in [-0.2, -0.15) is 0 Å². The van der Waals surface area contributed by atoms with E-state index in [0.29, 0.717) is 38.8 Å². The minimum atomic E-state index is -1.15. The van der Waals surface area contributed by atoms with Gasteiger partial charge in [0.05, 0.1) is 24.3 Å². The van der Waals surface area contributed by atoms with Crippen molar-refractivity contribution in [2.75, 3.05) is 14.2 Å². The number of rotatable bonds is 6. The van der Waals surface area contributed by atoms with Crippen LogP contribution < -0.4 is 19.5 Å². The summed E-state index contributed by atoms with van der Waals surface area (Å²) in [6.45, 7) is 1.99. The Morgan fingerprint density at radius 3 is 2.53 bits per heavy atom. The van der Waals surface area contributed by atoms with E-state index in [2.05, 4.69) is 21.2 Å². The van der Waals surface area contributed by atoms with Gasteiger partial charge in [-0.1, -0.05) is 25.3 Å². The number of methoxy groups -OCH3 is 2. The fourth-order valence-corrected chi connectivity index (χ4v) is 5.28. The molecule has 34 heavy (non-hydrogen) atoms. The molecule has 0 unspecified atom stereocenters. The molecular weight excluding hydrogens is 502 g/mol. The van der Waals surface area contributed by atoms with Gasteiger partial charge < -0.3 is 24.3 Å². The summed E-state index contributed by atoms with van der Waals surface area (Å²) in [6, 6.07) is 10.4. The standard InChI is InChI=1S/C26H30BrNO6/c1-15(16-7-5-4-6-8-16)28-26(30)34-25-23(29)19-14-18(31-2)10-12-21(19)33-24(25)17-9-11-22(32-3)20(27)13-17/h9-16,24-25H,4-8H2,1-3H3,(H,28,30)/t15-,24+,25-/m1/s1. The lowest BCUT2D eigenvalue weighted by Crippen LogP contribution is -2.45. The third-order valence-electron chi connectivity index (χ3n) is 6.68. The SMILES string of the molecule is COc1ccc2c(c1)C(=O)[C@@H](OC(=O)N[C@H](C)C1CCCCC1)[C@H](c1ccc(OC)c(Br)c1)O2. The zero-order chi connectivity index (χ0) is 24.2. The van der Waals surface area contributed by atoms with Crippen molar-refractivity contribution >= 4 is 27.8 Å². The van der Waals surface area contributed by atoms with Crippen LogP contribution in [0.25, 0.3) is 0 Å². The molecule has 2 aliphatic rings. The van der Waals surface area contributed by atoms with Crippen LogP contribution in [-0.4, -0.2) is 38.2 Å². The first kappa shape index (κ1) is 24.4. The average molecular weight is 532 g/mol. The van der Waals surface area contributed by atoms with Gasteiger partial charge >= 0.3 is 6.09 Å². The molecule has 1 aliphatic heterocycles. The van der Waals surface area contributed by atoms with Gasteiger partial charge in [0.2, 0.25) is 11.9 Å². The molecule has 1 N–H and O–H groups in total. The van der Waals surface area contributed by atoms with E-state index in [1.54, 1.807) is 37.4 Å². The zero-order valence-corrected chi connectivity index (χ0v) is 21.2. The van der Waals surface area contributed by atoms with Crippen LogP contribution in [0.1, 0.15) is 61.1 Å². The predicted octanol–water partition coefficient (Wildman–Crippen LogP) is 5.85. The topological polar surface area (TPSA) is 83.1 Å². The lowest BCUT2D eigenvalue weighted by atomic mass is 9.85. The molecule has 1 aliphatic carbocycles. The van der Waals surface area contributed by atoms with Crippen molar-refractivity contribution in [3.63, 3.8) is 0 Å². The molecule has 1 saturated carbocycles. The van der Waals surface area contributed by atoms with E-state index in [1.165, 1.54) is 26.4 Å². The van der Waals surface area contributed by atoms with E-state index in [9.17, 15) is 9.59 Å². The number of fused-ring (bicyclic) bond motifs is 1. The summed E-state index contributed by atoms with van der Waals surface area (Å²) in [5, 5.41) is 2.94. The molecule has 0 saturated heterocycles. The first-order valence-corrected chi connectivity index (χ1v) is 12.4. The number of Topliss-reactive ketones (excluding diaryl/α,β-unsaturated/α-hetero) is 1. The fourth-order valence-electron chi connectivity index (χ4n) is 4.73. The first-order valence-electron chi connectivity index (χ1n) is 11.6. The summed E-state index contributed by atoms with van der Waals surface area (Å²) in [5.74, 6) is 1.66. The molecule has 1 fully saturated rings. The number of amides is 1. The van der Waals surface area contributed by atoms with Gasteiger partial charge in [0, 0.05) is 6.04 Å². The first-order chi connectivity index (χ1) is 16.4. The molecule has 2 aromatic carbocycles. The van der Waals surface area contributed by atoms with Crippen LogP contribution in [0.3, 0.4) is 0 Å². The summed E-state index contributed by atoms with van der Waals surface area (Å²) < 4.78 is 23.3. The third-order valence-corrected chi connectivity index (χ3v) is 7.30. The number of hydrogen-bond donors (Lipinski definition) is 1. The van der Waals surface area contributed by atoms with E-state index in [4.69, 9.17) is 18.9 Å². The van der Waals surface area contributed by atoms with Gasteiger partial charge in [0.25, 0.3) is 0 Å². The summed E-state index contributed by atoms with van der Waals surface area (Å²) in [5.41, 5.74) is 1.00. The van der Waals surface area contributed by atoms with E-state index in [1.807, 2.05) is 13.0 Å². The van der Waals surface area contributed by atoms with E-state index >= 15 is 0 Å². The Labute approximate surface area is 208 Å². The lowest BCUT2D eigenvalue weighted by molar-refractivity contribution is 0.00754. The van der Waals surface area contributed by atoms with Crippen molar-refractivity contribution in [1.82, 2.24) is 5.32 Å². The summed E-state index contributed by atoms with van der Waals surface area (Å²) in [4.78, 5) is 26.4. The number of halogens is 1. The van der Waals surface area contributed by atoms with Crippen LogP contribution in [0.5, 0.6) is 17.2 Å². The lowest BCUT2D eigenvalue weighted by Gasteiger charge is -2.33. The molecule has 0 aromatic heterocycles. The van der Waals surface area contributed by atoms with Crippen LogP contribution in [0.4, 0.5) is 4.79 Å². The molecule has 3 atom stereocenters. The average Bonchev–Trinajstić information content (AvgIpc) is 2.85. The Balaban J connectivity index is 1.60. The van der Waals surface area contributed by atoms with Gasteiger partial charge in [-0.3, -0.25) is 4.79 Å². The molecule has 1 amide bonds. The van der Waals surface area contributed by atoms with Crippen LogP contribution >= 0.6 is 15.9 Å². The molecule has 4 rings (SSSR count). The van der Waals surface area contributed by atoms with Crippen molar-refractivity contribution < 1.29 is 28.5 Å².